The first kappa shape index (κ1) is 27.1. The van der Waals surface area contributed by atoms with Gasteiger partial charge in [0.25, 0.3) is 0 Å². The van der Waals surface area contributed by atoms with E-state index >= 15 is 0 Å². The highest BCUT2D eigenvalue weighted by Crippen LogP contribution is 2.10. The van der Waals surface area contributed by atoms with Crippen LogP contribution >= 0.6 is 0 Å². The van der Waals surface area contributed by atoms with Crippen LogP contribution in [0.15, 0.2) is 48.7 Å². The van der Waals surface area contributed by atoms with Crippen LogP contribution in [0.3, 0.4) is 0 Å². The van der Waals surface area contributed by atoms with Crippen molar-refractivity contribution in [2.75, 3.05) is 0 Å². The molecule has 0 N–H and O–H groups in total. The second kappa shape index (κ2) is 21.3. The molecule has 0 aliphatic carbocycles. The summed E-state index contributed by atoms with van der Waals surface area (Å²) in [6.45, 7) is 2.54. The lowest BCUT2D eigenvalue weighted by molar-refractivity contribution is -0.145. The zero-order valence-corrected chi connectivity index (χ0v) is 19.9. The minimum Gasteiger partial charge on any atom is -0.459 e. The average molecular weight is 428 g/mol. The predicted molar refractivity (Wildman–Crippen MR) is 132 cm³/mol. The predicted octanol–water partition coefficient (Wildman–Crippen LogP) is 8.50. The van der Waals surface area contributed by atoms with Crippen LogP contribution in [0.4, 0.5) is 0 Å². The molecule has 0 saturated carbocycles. The Balaban J connectivity index is 1.81. The first-order chi connectivity index (χ1) is 15.3. The molecule has 1 aromatic rings. The van der Waals surface area contributed by atoms with Crippen LogP contribution < -0.4 is 0 Å². The Labute approximate surface area is 191 Å². The largest absolute Gasteiger partial charge is 0.459 e. The molecular weight excluding hydrogens is 382 g/mol. The topological polar surface area (TPSA) is 39.2 Å². The molecule has 0 radical (unpaired) electrons. The van der Waals surface area contributed by atoms with Gasteiger partial charge in [0.1, 0.15) is 6.61 Å². The first-order valence-electron chi connectivity index (χ1n) is 12.7. The van der Waals surface area contributed by atoms with Crippen molar-refractivity contribution in [3.63, 3.8) is 0 Å². The maximum Gasteiger partial charge on any atom is 0.306 e. The molecule has 3 heteroatoms. The van der Waals surface area contributed by atoms with Gasteiger partial charge < -0.3 is 4.74 Å². The van der Waals surface area contributed by atoms with Crippen molar-refractivity contribution in [1.82, 2.24) is 4.98 Å². The number of hydrogen-bond acceptors (Lipinski definition) is 3. The minimum atomic E-state index is -0.139. The van der Waals surface area contributed by atoms with E-state index in [0.29, 0.717) is 6.42 Å². The zero-order chi connectivity index (χ0) is 22.2. The number of ether oxygens (including phenoxy) is 1. The number of rotatable bonds is 20. The molecule has 0 bridgehead atoms. The minimum absolute atomic E-state index is 0.139. The number of unbranched alkanes of at least 4 members (excludes halogenated alkanes) is 12. The fourth-order valence-corrected chi connectivity index (χ4v) is 3.47. The molecule has 0 saturated heterocycles. The van der Waals surface area contributed by atoms with Crippen molar-refractivity contribution in [3.8, 4) is 0 Å². The molecule has 31 heavy (non-hydrogen) atoms. The van der Waals surface area contributed by atoms with Crippen LogP contribution in [0.5, 0.6) is 0 Å². The van der Waals surface area contributed by atoms with Crippen LogP contribution in [0.25, 0.3) is 0 Å². The van der Waals surface area contributed by atoms with Crippen molar-refractivity contribution >= 4 is 5.97 Å². The summed E-state index contributed by atoms with van der Waals surface area (Å²) in [6, 6.07) is 5.62. The Kier molecular flexibility index (Phi) is 18.7. The number of aromatic nitrogens is 1. The summed E-state index contributed by atoms with van der Waals surface area (Å²) in [5.41, 5.74) is 0.792. The van der Waals surface area contributed by atoms with Crippen molar-refractivity contribution < 1.29 is 9.53 Å². The third-order valence-electron chi connectivity index (χ3n) is 5.41. The molecule has 0 fully saturated rings. The van der Waals surface area contributed by atoms with Gasteiger partial charge in [-0.3, -0.25) is 9.78 Å². The molecule has 1 heterocycles. The third-order valence-corrected chi connectivity index (χ3v) is 5.41. The quantitative estimate of drug-likeness (QED) is 0.119. The van der Waals surface area contributed by atoms with Gasteiger partial charge in [-0.2, -0.15) is 0 Å². The summed E-state index contributed by atoms with van der Waals surface area (Å²) in [5, 5.41) is 0. The van der Waals surface area contributed by atoms with Gasteiger partial charge in [0.15, 0.2) is 0 Å². The van der Waals surface area contributed by atoms with Crippen LogP contribution in [-0.4, -0.2) is 11.0 Å². The number of pyridine rings is 1. The molecule has 0 unspecified atom stereocenters. The monoisotopic (exact) mass is 427 g/mol. The van der Waals surface area contributed by atoms with Crippen molar-refractivity contribution in [3.05, 3.63) is 54.4 Å². The second-order valence-electron chi connectivity index (χ2n) is 8.36. The molecular formula is C28H45NO2. The van der Waals surface area contributed by atoms with Gasteiger partial charge in [-0.05, 0) is 63.5 Å². The lowest BCUT2D eigenvalue weighted by Crippen LogP contribution is -2.04. The smallest absolute Gasteiger partial charge is 0.306 e. The Morgan fingerprint density at radius 3 is 1.87 bits per heavy atom. The molecule has 174 valence electrons. The summed E-state index contributed by atoms with van der Waals surface area (Å²) in [4.78, 5) is 15.9. The number of esters is 1. The fraction of sp³-hybridized carbons (Fsp3) is 0.643. The van der Waals surface area contributed by atoms with Gasteiger partial charge in [0.05, 0.1) is 5.69 Å². The second-order valence-corrected chi connectivity index (χ2v) is 8.36. The van der Waals surface area contributed by atoms with Gasteiger partial charge in [0.2, 0.25) is 0 Å². The molecule has 0 aliphatic heterocycles. The molecule has 1 aromatic heterocycles. The van der Waals surface area contributed by atoms with Crippen molar-refractivity contribution in [1.29, 1.82) is 0 Å². The van der Waals surface area contributed by atoms with E-state index in [0.717, 1.165) is 25.0 Å². The maximum absolute atomic E-state index is 11.7. The van der Waals surface area contributed by atoms with Gasteiger partial charge >= 0.3 is 5.97 Å². The Morgan fingerprint density at radius 1 is 0.774 bits per heavy atom. The molecule has 1 rings (SSSR count). The number of hydrogen-bond donors (Lipinski definition) is 0. The Hall–Kier alpha value is -1.90. The highest BCUT2D eigenvalue weighted by atomic mass is 16.5. The molecule has 0 aliphatic rings. The molecule has 0 atom stereocenters. The van der Waals surface area contributed by atoms with Gasteiger partial charge in [-0.25, -0.2) is 0 Å². The molecule has 0 aromatic carbocycles. The van der Waals surface area contributed by atoms with Crippen LogP contribution in [0.1, 0.15) is 115 Å². The standard InChI is InChI=1S/C28H45NO2/c1-2-3-4-5-6-7-8-9-10-11-12-13-14-15-16-17-18-19-20-24-28(30)31-26-27-23-21-22-25-29-27/h9-10,17-18,21-23,25H,2-8,11-16,19-20,24,26H2,1H3. The van der Waals surface area contributed by atoms with Gasteiger partial charge in [-0.15, -0.1) is 0 Å². The number of allylic oxidation sites excluding steroid dienone is 4. The van der Waals surface area contributed by atoms with Crippen LogP contribution in [0.2, 0.25) is 0 Å². The van der Waals surface area contributed by atoms with Crippen molar-refractivity contribution in [2.45, 2.75) is 116 Å². The SMILES string of the molecule is CCCCCCCCC=CCCCCCCC=CCCCC(=O)OCc1ccccn1. The van der Waals surface area contributed by atoms with Gasteiger partial charge in [0, 0.05) is 12.6 Å². The van der Waals surface area contributed by atoms with E-state index in [1.807, 2.05) is 18.2 Å². The van der Waals surface area contributed by atoms with E-state index in [4.69, 9.17) is 4.74 Å². The van der Waals surface area contributed by atoms with E-state index in [1.165, 1.54) is 77.0 Å². The highest BCUT2D eigenvalue weighted by Gasteiger charge is 2.02. The maximum atomic E-state index is 11.7. The summed E-state index contributed by atoms with van der Waals surface area (Å²) in [6.07, 6.45) is 30.4. The summed E-state index contributed by atoms with van der Waals surface area (Å²) in [7, 11) is 0. The van der Waals surface area contributed by atoms with Crippen molar-refractivity contribution in [2.24, 2.45) is 0 Å². The van der Waals surface area contributed by atoms with E-state index in [9.17, 15) is 4.79 Å². The highest BCUT2D eigenvalue weighted by molar-refractivity contribution is 5.69. The van der Waals surface area contributed by atoms with E-state index in [1.54, 1.807) is 6.20 Å². The summed E-state index contributed by atoms with van der Waals surface area (Å²) >= 11 is 0. The van der Waals surface area contributed by atoms with Crippen LogP contribution in [-0.2, 0) is 16.1 Å². The average Bonchev–Trinajstić information content (AvgIpc) is 2.80. The first-order valence-corrected chi connectivity index (χ1v) is 12.7. The van der Waals surface area contributed by atoms with E-state index in [2.05, 4.69) is 36.2 Å². The molecule has 0 spiro atoms. The van der Waals surface area contributed by atoms with E-state index in [-0.39, 0.29) is 12.6 Å². The third kappa shape index (κ3) is 18.6. The number of carbonyl (C=O) groups excluding carboxylic acids is 1. The molecule has 0 amide bonds. The Morgan fingerprint density at radius 2 is 1.32 bits per heavy atom. The zero-order valence-electron chi connectivity index (χ0n) is 19.9. The lowest BCUT2D eigenvalue weighted by Gasteiger charge is -2.03. The van der Waals surface area contributed by atoms with Gasteiger partial charge in [-0.1, -0.05) is 82.2 Å². The molecule has 3 nitrogen and oxygen atoms in total. The summed E-state index contributed by atoms with van der Waals surface area (Å²) < 4.78 is 5.23. The van der Waals surface area contributed by atoms with Crippen LogP contribution in [0, 0.1) is 0 Å². The number of carbonyl (C=O) groups is 1. The van der Waals surface area contributed by atoms with E-state index < -0.39 is 0 Å². The number of nitrogens with zero attached hydrogens (tertiary/aromatic N) is 1. The normalized spacial score (nSPS) is 11.5. The fourth-order valence-electron chi connectivity index (χ4n) is 3.47. The lowest BCUT2D eigenvalue weighted by atomic mass is 10.1. The Bertz CT molecular complexity index is 580. The summed E-state index contributed by atoms with van der Waals surface area (Å²) in [5.74, 6) is -0.139.